The minimum Gasteiger partial charge on any atom is -0.0619 e. The Kier molecular flexibility index (Phi) is 3.24. The van der Waals surface area contributed by atoms with Crippen molar-refractivity contribution in [3.8, 4) is 11.1 Å². The van der Waals surface area contributed by atoms with E-state index in [9.17, 15) is 0 Å². The zero-order chi connectivity index (χ0) is 15.4. The van der Waals surface area contributed by atoms with Crippen molar-refractivity contribution in [3.63, 3.8) is 0 Å². The van der Waals surface area contributed by atoms with Crippen LogP contribution in [0.1, 0.15) is 75.6 Å². The summed E-state index contributed by atoms with van der Waals surface area (Å²) in [5.41, 5.74) is 9.02. The van der Waals surface area contributed by atoms with Crippen LogP contribution in [-0.2, 0) is 5.41 Å². The van der Waals surface area contributed by atoms with Crippen LogP contribution in [0.3, 0.4) is 0 Å². The third kappa shape index (κ3) is 2.04. The number of hydrogen-bond acceptors (Lipinski definition) is 0. The maximum absolute atomic E-state index is 2.45. The lowest BCUT2D eigenvalue weighted by Gasteiger charge is -2.27. The van der Waals surface area contributed by atoms with Gasteiger partial charge in [-0.1, -0.05) is 77.9 Å². The summed E-state index contributed by atoms with van der Waals surface area (Å²) < 4.78 is 0. The Bertz CT molecular complexity index is 687. The van der Waals surface area contributed by atoms with Gasteiger partial charge in [0.1, 0.15) is 0 Å². The van der Waals surface area contributed by atoms with Crippen LogP contribution in [0.25, 0.3) is 11.1 Å². The van der Waals surface area contributed by atoms with Crippen LogP contribution in [0.5, 0.6) is 0 Å². The molecule has 0 heterocycles. The maximum atomic E-state index is 2.45. The molecule has 0 nitrogen and oxygen atoms in total. The molecule has 0 bridgehead atoms. The first-order valence-electron chi connectivity index (χ1n) is 8.12. The topological polar surface area (TPSA) is 0 Å². The van der Waals surface area contributed by atoms with E-state index in [0.717, 1.165) is 0 Å². The van der Waals surface area contributed by atoms with Crippen molar-refractivity contribution in [2.24, 2.45) is 0 Å². The van der Waals surface area contributed by atoms with Crippen molar-refractivity contribution in [3.05, 3.63) is 58.7 Å². The Labute approximate surface area is 129 Å². The van der Waals surface area contributed by atoms with Gasteiger partial charge < -0.3 is 0 Å². The Morgan fingerprint density at radius 1 is 0.810 bits per heavy atom. The lowest BCUT2D eigenvalue weighted by Crippen LogP contribution is -2.18. The molecule has 1 aliphatic carbocycles. The third-order valence-electron chi connectivity index (χ3n) is 5.00. The average molecular weight is 278 g/mol. The lowest BCUT2D eigenvalue weighted by molar-refractivity contribution is 0.641. The van der Waals surface area contributed by atoms with Gasteiger partial charge in [-0.2, -0.15) is 0 Å². The molecular formula is C21H26. The molecule has 0 N–H and O–H groups in total. The molecular weight excluding hydrogens is 252 g/mol. The molecule has 3 rings (SSSR count). The molecule has 0 amide bonds. The number of benzene rings is 2. The quantitative estimate of drug-likeness (QED) is 0.610. The second kappa shape index (κ2) is 4.73. The summed E-state index contributed by atoms with van der Waals surface area (Å²) in [5, 5.41) is 0. The van der Waals surface area contributed by atoms with Crippen LogP contribution >= 0.6 is 0 Å². The van der Waals surface area contributed by atoms with Gasteiger partial charge in [-0.25, -0.2) is 0 Å². The fourth-order valence-electron chi connectivity index (χ4n) is 3.78. The van der Waals surface area contributed by atoms with Crippen molar-refractivity contribution in [2.45, 2.75) is 58.8 Å². The van der Waals surface area contributed by atoms with Crippen LogP contribution in [0.2, 0.25) is 0 Å². The minimum absolute atomic E-state index is 0.112. The lowest BCUT2D eigenvalue weighted by atomic mass is 9.77. The van der Waals surface area contributed by atoms with E-state index in [4.69, 9.17) is 0 Å². The summed E-state index contributed by atoms with van der Waals surface area (Å²) in [6.07, 6.45) is 0. The van der Waals surface area contributed by atoms with E-state index in [-0.39, 0.29) is 5.41 Å². The second-order valence-electron chi connectivity index (χ2n) is 7.51. The Morgan fingerprint density at radius 3 is 2.10 bits per heavy atom. The first kappa shape index (κ1) is 14.4. The van der Waals surface area contributed by atoms with E-state index < -0.39 is 0 Å². The number of rotatable bonds is 2. The maximum Gasteiger partial charge on any atom is 0.0161 e. The van der Waals surface area contributed by atoms with Gasteiger partial charge in [0.15, 0.2) is 0 Å². The molecule has 0 atom stereocenters. The molecule has 0 spiro atoms. The van der Waals surface area contributed by atoms with Crippen molar-refractivity contribution >= 4 is 0 Å². The smallest absolute Gasteiger partial charge is 0.0161 e. The largest absolute Gasteiger partial charge is 0.0619 e. The predicted octanol–water partition coefficient (Wildman–Crippen LogP) is 6.24. The predicted molar refractivity (Wildman–Crippen MR) is 92.2 cm³/mol. The highest BCUT2D eigenvalue weighted by Crippen LogP contribution is 2.51. The number of fused-ring (bicyclic) bond motifs is 3. The minimum atomic E-state index is 0.112. The summed E-state index contributed by atoms with van der Waals surface area (Å²) in [4.78, 5) is 0. The highest BCUT2D eigenvalue weighted by atomic mass is 14.4. The standard InChI is InChI=1S/C21H26/c1-13(2)15-11-17(14(3)4)20-18(12-15)16-9-7-8-10-19(16)21(20,5)6/h7-14H,1-6H3. The van der Waals surface area contributed by atoms with Gasteiger partial charge in [0.25, 0.3) is 0 Å². The highest BCUT2D eigenvalue weighted by molar-refractivity contribution is 5.82. The van der Waals surface area contributed by atoms with Crippen LogP contribution in [0.15, 0.2) is 36.4 Å². The van der Waals surface area contributed by atoms with Crippen LogP contribution in [0, 0.1) is 0 Å². The van der Waals surface area contributed by atoms with Gasteiger partial charge >= 0.3 is 0 Å². The van der Waals surface area contributed by atoms with E-state index in [1.54, 1.807) is 5.56 Å². The fraction of sp³-hybridized carbons (Fsp3) is 0.429. The molecule has 0 saturated carbocycles. The van der Waals surface area contributed by atoms with E-state index in [1.165, 1.54) is 27.8 Å². The normalized spacial score (nSPS) is 15.4. The summed E-state index contributed by atoms with van der Waals surface area (Å²) in [7, 11) is 0. The van der Waals surface area contributed by atoms with E-state index in [0.29, 0.717) is 11.8 Å². The zero-order valence-corrected chi connectivity index (χ0v) is 14.1. The molecule has 0 unspecified atom stereocenters. The summed E-state index contributed by atoms with van der Waals surface area (Å²) in [6.45, 7) is 14.0. The van der Waals surface area contributed by atoms with Gasteiger partial charge in [0, 0.05) is 5.41 Å². The Morgan fingerprint density at radius 2 is 1.48 bits per heavy atom. The molecule has 0 radical (unpaired) electrons. The molecule has 0 aromatic heterocycles. The zero-order valence-electron chi connectivity index (χ0n) is 14.1. The van der Waals surface area contributed by atoms with Crippen molar-refractivity contribution in [2.75, 3.05) is 0 Å². The van der Waals surface area contributed by atoms with Gasteiger partial charge in [0.2, 0.25) is 0 Å². The first-order chi connectivity index (χ1) is 9.84. The Hall–Kier alpha value is -1.56. The van der Waals surface area contributed by atoms with Gasteiger partial charge in [-0.3, -0.25) is 0 Å². The van der Waals surface area contributed by atoms with Gasteiger partial charge in [0.05, 0.1) is 0 Å². The summed E-state index contributed by atoms with van der Waals surface area (Å²) in [5.74, 6) is 1.13. The first-order valence-corrected chi connectivity index (χ1v) is 8.12. The van der Waals surface area contributed by atoms with Crippen LogP contribution in [0.4, 0.5) is 0 Å². The van der Waals surface area contributed by atoms with Gasteiger partial charge in [-0.15, -0.1) is 0 Å². The third-order valence-corrected chi connectivity index (χ3v) is 5.00. The van der Waals surface area contributed by atoms with Crippen LogP contribution < -0.4 is 0 Å². The summed E-state index contributed by atoms with van der Waals surface area (Å²) >= 11 is 0. The SMILES string of the molecule is CC(C)c1cc2c(c(C(C)C)c1)C(C)(C)c1ccccc1-2. The van der Waals surface area contributed by atoms with Gasteiger partial charge in [-0.05, 0) is 45.2 Å². The molecule has 0 fully saturated rings. The molecule has 0 heteroatoms. The van der Waals surface area contributed by atoms with Crippen LogP contribution in [-0.4, -0.2) is 0 Å². The number of hydrogen-bond donors (Lipinski definition) is 0. The molecule has 0 aliphatic heterocycles. The molecule has 0 saturated heterocycles. The fourth-order valence-corrected chi connectivity index (χ4v) is 3.78. The summed E-state index contributed by atoms with van der Waals surface area (Å²) in [6, 6.07) is 13.8. The molecule has 2 aromatic carbocycles. The molecule has 21 heavy (non-hydrogen) atoms. The van der Waals surface area contributed by atoms with Crippen molar-refractivity contribution in [1.82, 2.24) is 0 Å². The van der Waals surface area contributed by atoms with E-state index in [1.807, 2.05) is 0 Å². The molecule has 110 valence electrons. The van der Waals surface area contributed by atoms with E-state index >= 15 is 0 Å². The molecule has 2 aromatic rings. The second-order valence-corrected chi connectivity index (χ2v) is 7.51. The van der Waals surface area contributed by atoms with E-state index in [2.05, 4.69) is 77.9 Å². The average Bonchev–Trinajstić information content (AvgIpc) is 2.67. The Balaban J connectivity index is 2.39. The molecule has 1 aliphatic rings. The monoisotopic (exact) mass is 278 g/mol. The van der Waals surface area contributed by atoms with Crippen molar-refractivity contribution in [1.29, 1.82) is 0 Å². The highest BCUT2D eigenvalue weighted by Gasteiger charge is 2.37. The van der Waals surface area contributed by atoms with Crippen molar-refractivity contribution < 1.29 is 0 Å².